The van der Waals surface area contributed by atoms with Gasteiger partial charge in [0.25, 0.3) is 0 Å². The Morgan fingerprint density at radius 1 is 1.15 bits per heavy atom. The summed E-state index contributed by atoms with van der Waals surface area (Å²) in [6.07, 6.45) is 1.86. The van der Waals surface area contributed by atoms with E-state index in [1.54, 1.807) is 0 Å². The van der Waals surface area contributed by atoms with Crippen LogP contribution >= 0.6 is 0 Å². The van der Waals surface area contributed by atoms with E-state index in [2.05, 4.69) is 27.8 Å². The quantitative estimate of drug-likeness (QED) is 0.673. The van der Waals surface area contributed by atoms with Crippen molar-refractivity contribution in [2.24, 2.45) is 0 Å². The largest absolute Gasteiger partial charge is 0.441 e. The first-order valence-corrected chi connectivity index (χ1v) is 8.99. The number of aromatic nitrogens is 1. The van der Waals surface area contributed by atoms with Crippen LogP contribution in [0.15, 0.2) is 52.9 Å². The van der Waals surface area contributed by atoms with Gasteiger partial charge >= 0.3 is 0 Å². The van der Waals surface area contributed by atoms with E-state index in [0.29, 0.717) is 5.89 Å². The van der Waals surface area contributed by atoms with Crippen molar-refractivity contribution in [1.29, 1.82) is 0 Å². The Balaban J connectivity index is 1.51. The van der Waals surface area contributed by atoms with E-state index in [0.717, 1.165) is 29.6 Å². The molecule has 0 aliphatic rings. The van der Waals surface area contributed by atoms with Gasteiger partial charge in [-0.3, -0.25) is 4.79 Å². The van der Waals surface area contributed by atoms with Crippen molar-refractivity contribution in [3.05, 3.63) is 60.0 Å². The third kappa shape index (κ3) is 4.63. The zero-order valence-electron chi connectivity index (χ0n) is 15.5. The molecule has 3 aromatic rings. The number of amides is 1. The van der Waals surface area contributed by atoms with Crippen molar-refractivity contribution in [3.8, 4) is 0 Å². The highest BCUT2D eigenvalue weighted by molar-refractivity contribution is 5.85. The molecule has 2 aromatic carbocycles. The van der Waals surface area contributed by atoms with Gasteiger partial charge in [-0.15, -0.1) is 0 Å². The van der Waals surface area contributed by atoms with Crippen LogP contribution < -0.4 is 10.6 Å². The van der Waals surface area contributed by atoms with Gasteiger partial charge in [0.1, 0.15) is 11.6 Å². The summed E-state index contributed by atoms with van der Waals surface area (Å²) >= 11 is 0. The van der Waals surface area contributed by atoms with Gasteiger partial charge in [-0.25, -0.2) is 4.98 Å². The summed E-state index contributed by atoms with van der Waals surface area (Å²) in [6.45, 7) is 5.72. The first-order chi connectivity index (χ1) is 12.5. The number of rotatable bonds is 7. The van der Waals surface area contributed by atoms with Gasteiger partial charge in [0.2, 0.25) is 5.91 Å². The summed E-state index contributed by atoms with van der Waals surface area (Å²) in [6, 6.07) is 15.8. The molecule has 2 atom stereocenters. The highest BCUT2D eigenvalue weighted by Gasteiger charge is 2.15. The predicted octanol–water partition coefficient (Wildman–Crippen LogP) is 4.07. The molecule has 26 heavy (non-hydrogen) atoms. The second-order valence-corrected chi connectivity index (χ2v) is 6.72. The minimum atomic E-state index is -0.334. The van der Waals surface area contributed by atoms with Crippen LogP contribution in [0.3, 0.4) is 0 Å². The number of nitrogens with zero attached hydrogens (tertiary/aromatic N) is 1. The molecular formula is C21H25N3O2. The van der Waals surface area contributed by atoms with Crippen LogP contribution in [0.1, 0.15) is 31.7 Å². The topological polar surface area (TPSA) is 67.2 Å². The molecule has 5 heteroatoms. The molecule has 1 amide bonds. The predicted molar refractivity (Wildman–Crippen MR) is 104 cm³/mol. The molecular weight excluding hydrogens is 326 g/mol. The number of benzene rings is 2. The molecule has 5 nitrogen and oxygen atoms in total. The first kappa shape index (κ1) is 18.0. The normalized spacial score (nSPS) is 13.3. The lowest BCUT2D eigenvalue weighted by atomic mass is 10.1. The van der Waals surface area contributed by atoms with E-state index in [9.17, 15) is 4.79 Å². The number of aryl methyl sites for hydroxylation is 2. The van der Waals surface area contributed by atoms with Gasteiger partial charge in [0.05, 0.1) is 0 Å². The van der Waals surface area contributed by atoms with Crippen LogP contribution in [0, 0.1) is 6.92 Å². The van der Waals surface area contributed by atoms with E-state index < -0.39 is 0 Å². The van der Waals surface area contributed by atoms with Gasteiger partial charge in [-0.05, 0) is 50.5 Å². The zero-order valence-corrected chi connectivity index (χ0v) is 15.5. The van der Waals surface area contributed by atoms with E-state index in [1.165, 1.54) is 5.56 Å². The van der Waals surface area contributed by atoms with Crippen molar-refractivity contribution < 1.29 is 9.21 Å². The lowest BCUT2D eigenvalue weighted by molar-refractivity contribution is -0.122. The van der Waals surface area contributed by atoms with E-state index >= 15 is 0 Å². The molecule has 1 aromatic heterocycles. The van der Waals surface area contributed by atoms with Crippen molar-refractivity contribution in [2.45, 2.75) is 45.7 Å². The third-order valence-corrected chi connectivity index (χ3v) is 4.37. The highest BCUT2D eigenvalue weighted by Crippen LogP contribution is 2.20. The second-order valence-electron chi connectivity index (χ2n) is 6.72. The number of fused-ring (bicyclic) bond motifs is 1. The number of anilines is 1. The molecule has 0 aliphatic heterocycles. The van der Waals surface area contributed by atoms with Crippen LogP contribution in [0.25, 0.3) is 11.1 Å². The highest BCUT2D eigenvalue weighted by atomic mass is 16.3. The maximum absolute atomic E-state index is 12.4. The molecule has 0 bridgehead atoms. The number of carbonyl (C=O) groups is 1. The summed E-state index contributed by atoms with van der Waals surface area (Å²) in [5.41, 5.74) is 3.68. The van der Waals surface area contributed by atoms with Crippen LogP contribution in [-0.2, 0) is 11.2 Å². The molecule has 3 rings (SSSR count). The van der Waals surface area contributed by atoms with E-state index in [-0.39, 0.29) is 18.0 Å². The molecule has 2 N–H and O–H groups in total. The SMILES string of the molecule is Cc1nc2cc(N[C@H](C)C(=O)N[C@H](C)CCc3ccccc3)ccc2o1. The minimum Gasteiger partial charge on any atom is -0.441 e. The van der Waals surface area contributed by atoms with Gasteiger partial charge < -0.3 is 15.1 Å². The van der Waals surface area contributed by atoms with E-state index in [4.69, 9.17) is 4.42 Å². The van der Waals surface area contributed by atoms with Crippen molar-refractivity contribution in [2.75, 3.05) is 5.32 Å². The average molecular weight is 351 g/mol. The van der Waals surface area contributed by atoms with Gasteiger partial charge in [0.15, 0.2) is 11.5 Å². The molecule has 1 heterocycles. The van der Waals surface area contributed by atoms with Crippen molar-refractivity contribution in [3.63, 3.8) is 0 Å². The Morgan fingerprint density at radius 2 is 1.92 bits per heavy atom. The second kappa shape index (κ2) is 8.04. The molecule has 0 saturated heterocycles. The molecule has 0 spiro atoms. The minimum absolute atomic E-state index is 0.0120. The third-order valence-electron chi connectivity index (χ3n) is 4.37. The summed E-state index contributed by atoms with van der Waals surface area (Å²) in [5, 5.41) is 6.30. The summed E-state index contributed by atoms with van der Waals surface area (Å²) in [5.74, 6) is 0.622. The number of carbonyl (C=O) groups excluding carboxylic acids is 1. The maximum Gasteiger partial charge on any atom is 0.242 e. The molecule has 0 saturated carbocycles. The number of hydrogen-bond donors (Lipinski definition) is 2. The van der Waals surface area contributed by atoms with E-state index in [1.807, 2.05) is 57.2 Å². The van der Waals surface area contributed by atoms with Crippen LogP contribution in [0.5, 0.6) is 0 Å². The Hall–Kier alpha value is -2.82. The maximum atomic E-state index is 12.4. The molecule has 0 radical (unpaired) electrons. The lowest BCUT2D eigenvalue weighted by Crippen LogP contribution is -2.42. The summed E-state index contributed by atoms with van der Waals surface area (Å²) in [7, 11) is 0. The molecule has 0 fully saturated rings. The fourth-order valence-corrected chi connectivity index (χ4v) is 2.92. The lowest BCUT2D eigenvalue weighted by Gasteiger charge is -2.19. The van der Waals surface area contributed by atoms with Crippen molar-refractivity contribution in [1.82, 2.24) is 10.3 Å². The number of nitrogens with one attached hydrogen (secondary N) is 2. The Morgan fingerprint density at radius 3 is 2.69 bits per heavy atom. The summed E-state index contributed by atoms with van der Waals surface area (Å²) < 4.78 is 5.47. The number of hydrogen-bond acceptors (Lipinski definition) is 4. The fourth-order valence-electron chi connectivity index (χ4n) is 2.92. The van der Waals surface area contributed by atoms with Crippen LogP contribution in [0.4, 0.5) is 5.69 Å². The molecule has 136 valence electrons. The van der Waals surface area contributed by atoms with Crippen LogP contribution in [0.2, 0.25) is 0 Å². The van der Waals surface area contributed by atoms with Gasteiger partial charge in [-0.1, -0.05) is 30.3 Å². The standard InChI is InChI=1S/C21H25N3O2/c1-14(9-10-17-7-5-4-6-8-17)22-21(25)15(2)23-18-11-12-20-19(13-18)24-16(3)26-20/h4-8,11-15,23H,9-10H2,1-3H3,(H,22,25)/t14-,15-/m1/s1. The Bertz CT molecular complexity index is 873. The molecule has 0 aliphatic carbocycles. The first-order valence-electron chi connectivity index (χ1n) is 8.99. The van der Waals surface area contributed by atoms with Crippen LogP contribution in [-0.4, -0.2) is 23.0 Å². The molecule has 0 unspecified atom stereocenters. The monoisotopic (exact) mass is 351 g/mol. The zero-order chi connectivity index (χ0) is 18.5. The Kier molecular flexibility index (Phi) is 5.56. The van der Waals surface area contributed by atoms with Gasteiger partial charge in [-0.2, -0.15) is 0 Å². The smallest absolute Gasteiger partial charge is 0.242 e. The van der Waals surface area contributed by atoms with Gasteiger partial charge in [0, 0.05) is 18.7 Å². The summed E-state index contributed by atoms with van der Waals surface area (Å²) in [4.78, 5) is 16.7. The average Bonchev–Trinajstić information content (AvgIpc) is 3.00. The van der Waals surface area contributed by atoms with Crippen molar-refractivity contribution >= 4 is 22.7 Å². The number of oxazole rings is 1. The fraction of sp³-hybridized carbons (Fsp3) is 0.333. The Labute approximate surface area is 153 Å².